The maximum absolute atomic E-state index is 12.3. The fourth-order valence-corrected chi connectivity index (χ4v) is 3.59. The van der Waals surface area contributed by atoms with E-state index in [1.165, 1.54) is 24.5 Å². The predicted molar refractivity (Wildman–Crippen MR) is 112 cm³/mol. The summed E-state index contributed by atoms with van der Waals surface area (Å²) in [6, 6.07) is 16.8. The molecule has 0 fully saturated rings. The van der Waals surface area contributed by atoms with Gasteiger partial charge in [-0.2, -0.15) is 0 Å². The van der Waals surface area contributed by atoms with E-state index in [0.717, 1.165) is 22.4 Å². The van der Waals surface area contributed by atoms with Crippen LogP contribution in [0.2, 0.25) is 0 Å². The number of esters is 1. The van der Waals surface area contributed by atoms with Crippen LogP contribution >= 0.6 is 11.3 Å². The second kappa shape index (κ2) is 9.01. The van der Waals surface area contributed by atoms with E-state index in [4.69, 9.17) is 9.47 Å². The fourth-order valence-electron chi connectivity index (χ4n) is 2.63. The number of hydrogen-bond donors (Lipinski definition) is 1. The zero-order valence-electron chi connectivity index (χ0n) is 15.5. The summed E-state index contributed by atoms with van der Waals surface area (Å²) >= 11 is 1.29. The highest BCUT2D eigenvalue weighted by Gasteiger charge is 2.21. The van der Waals surface area contributed by atoms with Crippen LogP contribution in [-0.4, -0.2) is 26.1 Å². The van der Waals surface area contributed by atoms with E-state index >= 15 is 0 Å². The molecule has 3 aromatic rings. The number of ether oxygens (including phenoxy) is 2. The molecule has 2 aromatic carbocycles. The molecule has 0 bridgehead atoms. The maximum Gasteiger partial charge on any atom is 0.341 e. The van der Waals surface area contributed by atoms with Crippen molar-refractivity contribution in [3.8, 4) is 16.9 Å². The number of rotatable bonds is 6. The van der Waals surface area contributed by atoms with Gasteiger partial charge in [0.2, 0.25) is 5.91 Å². The second-order valence-electron chi connectivity index (χ2n) is 5.81. The molecule has 1 aromatic heterocycles. The van der Waals surface area contributed by atoms with Gasteiger partial charge in [-0.15, -0.1) is 11.3 Å². The lowest BCUT2D eigenvalue weighted by Crippen LogP contribution is -2.11. The van der Waals surface area contributed by atoms with E-state index in [0.29, 0.717) is 10.6 Å². The van der Waals surface area contributed by atoms with E-state index in [2.05, 4.69) is 5.32 Å². The summed E-state index contributed by atoms with van der Waals surface area (Å²) < 4.78 is 10.0. The Labute approximate surface area is 167 Å². The normalized spacial score (nSPS) is 10.6. The number of carbonyl (C=O) groups excluding carboxylic acids is 2. The SMILES string of the molecule is COC(=O)c1c(-c2ccccc2)csc1NC(=O)/C=C/c1ccc(OC)cc1. The molecule has 0 aliphatic rings. The number of methoxy groups -OCH3 is 2. The Morgan fingerprint density at radius 3 is 2.36 bits per heavy atom. The third-order valence-electron chi connectivity index (χ3n) is 4.05. The van der Waals surface area contributed by atoms with E-state index in [-0.39, 0.29) is 5.91 Å². The molecule has 0 spiro atoms. The average molecular weight is 393 g/mol. The minimum absolute atomic E-state index is 0.331. The van der Waals surface area contributed by atoms with Crippen molar-refractivity contribution in [1.29, 1.82) is 0 Å². The molecule has 0 atom stereocenters. The third kappa shape index (κ3) is 4.47. The minimum atomic E-state index is -0.491. The Bertz CT molecular complexity index is 991. The number of benzene rings is 2. The van der Waals surface area contributed by atoms with Gasteiger partial charge in [-0.1, -0.05) is 42.5 Å². The van der Waals surface area contributed by atoms with Crippen molar-refractivity contribution in [2.24, 2.45) is 0 Å². The van der Waals surface area contributed by atoms with Crippen LogP contribution in [-0.2, 0) is 9.53 Å². The van der Waals surface area contributed by atoms with Gasteiger partial charge in [-0.25, -0.2) is 4.79 Å². The standard InChI is InChI=1S/C22H19NO4S/c1-26-17-11-8-15(9-12-17)10-13-19(24)23-21-20(22(25)27-2)18(14-28-21)16-6-4-3-5-7-16/h3-14H,1-2H3,(H,23,24)/b13-10+. The minimum Gasteiger partial charge on any atom is -0.497 e. The Kier molecular flexibility index (Phi) is 6.24. The first-order valence-electron chi connectivity index (χ1n) is 8.50. The summed E-state index contributed by atoms with van der Waals surface area (Å²) in [5, 5.41) is 5.07. The molecule has 5 nitrogen and oxygen atoms in total. The smallest absolute Gasteiger partial charge is 0.341 e. The summed E-state index contributed by atoms with van der Waals surface area (Å²) in [5.41, 5.74) is 2.82. The zero-order valence-corrected chi connectivity index (χ0v) is 16.3. The van der Waals surface area contributed by atoms with Gasteiger partial charge in [0.1, 0.15) is 16.3 Å². The van der Waals surface area contributed by atoms with Gasteiger partial charge >= 0.3 is 5.97 Å². The van der Waals surface area contributed by atoms with Crippen molar-refractivity contribution in [3.63, 3.8) is 0 Å². The lowest BCUT2D eigenvalue weighted by Gasteiger charge is -2.06. The van der Waals surface area contributed by atoms with Gasteiger partial charge in [-0.3, -0.25) is 4.79 Å². The number of amides is 1. The summed E-state index contributed by atoms with van der Waals surface area (Å²) in [6.07, 6.45) is 3.11. The molecule has 0 unspecified atom stereocenters. The molecule has 3 rings (SSSR count). The maximum atomic E-state index is 12.3. The first-order chi connectivity index (χ1) is 13.6. The first-order valence-corrected chi connectivity index (χ1v) is 9.38. The molecule has 0 radical (unpaired) electrons. The monoisotopic (exact) mass is 393 g/mol. The number of carbonyl (C=O) groups is 2. The highest BCUT2D eigenvalue weighted by Crippen LogP contribution is 2.36. The Hall–Kier alpha value is -3.38. The fraction of sp³-hybridized carbons (Fsp3) is 0.0909. The van der Waals surface area contributed by atoms with Gasteiger partial charge < -0.3 is 14.8 Å². The van der Waals surface area contributed by atoms with Crippen molar-refractivity contribution in [2.45, 2.75) is 0 Å². The van der Waals surface area contributed by atoms with Crippen LogP contribution in [0, 0.1) is 0 Å². The van der Waals surface area contributed by atoms with Gasteiger partial charge in [0.25, 0.3) is 0 Å². The molecule has 142 valence electrons. The van der Waals surface area contributed by atoms with E-state index in [1.54, 1.807) is 13.2 Å². The molecule has 0 aliphatic heterocycles. The van der Waals surface area contributed by atoms with Crippen molar-refractivity contribution in [3.05, 3.63) is 77.2 Å². The lowest BCUT2D eigenvalue weighted by atomic mass is 10.0. The van der Waals surface area contributed by atoms with Crippen molar-refractivity contribution in [1.82, 2.24) is 0 Å². The number of hydrogen-bond acceptors (Lipinski definition) is 5. The first kappa shape index (κ1) is 19.4. The van der Waals surface area contributed by atoms with Crippen LogP contribution < -0.4 is 10.1 Å². The van der Waals surface area contributed by atoms with E-state index in [1.807, 2.05) is 60.0 Å². The number of nitrogens with one attached hydrogen (secondary N) is 1. The predicted octanol–water partition coefficient (Wildman–Crippen LogP) is 4.86. The lowest BCUT2D eigenvalue weighted by molar-refractivity contribution is -0.111. The molecule has 0 saturated heterocycles. The quantitative estimate of drug-likeness (QED) is 0.480. The van der Waals surface area contributed by atoms with Crippen LogP contribution in [0.5, 0.6) is 5.75 Å². The van der Waals surface area contributed by atoms with Gasteiger partial charge in [0.05, 0.1) is 14.2 Å². The van der Waals surface area contributed by atoms with Crippen molar-refractivity contribution in [2.75, 3.05) is 19.5 Å². The van der Waals surface area contributed by atoms with E-state index < -0.39 is 5.97 Å². The highest BCUT2D eigenvalue weighted by molar-refractivity contribution is 7.15. The second-order valence-corrected chi connectivity index (χ2v) is 6.69. The summed E-state index contributed by atoms with van der Waals surface area (Å²) in [6.45, 7) is 0. The molecular formula is C22H19NO4S. The molecule has 0 aliphatic carbocycles. The van der Waals surface area contributed by atoms with Crippen LogP contribution in [0.4, 0.5) is 5.00 Å². The summed E-state index contributed by atoms with van der Waals surface area (Å²) in [7, 11) is 2.92. The Morgan fingerprint density at radius 1 is 1.00 bits per heavy atom. The number of thiophene rings is 1. The van der Waals surface area contributed by atoms with Crippen LogP contribution in [0.15, 0.2) is 66.1 Å². The molecule has 1 amide bonds. The third-order valence-corrected chi connectivity index (χ3v) is 4.94. The molecule has 0 saturated carbocycles. The van der Waals surface area contributed by atoms with Crippen LogP contribution in [0.1, 0.15) is 15.9 Å². The summed E-state index contributed by atoms with van der Waals surface area (Å²) in [4.78, 5) is 24.7. The number of anilines is 1. The Balaban J connectivity index is 1.81. The van der Waals surface area contributed by atoms with E-state index in [9.17, 15) is 9.59 Å². The largest absolute Gasteiger partial charge is 0.497 e. The molecule has 1 N–H and O–H groups in total. The highest BCUT2D eigenvalue weighted by atomic mass is 32.1. The zero-order chi connectivity index (χ0) is 19.9. The molecular weight excluding hydrogens is 374 g/mol. The van der Waals surface area contributed by atoms with Crippen LogP contribution in [0.25, 0.3) is 17.2 Å². The average Bonchev–Trinajstić information content (AvgIpc) is 3.16. The van der Waals surface area contributed by atoms with Crippen LogP contribution in [0.3, 0.4) is 0 Å². The van der Waals surface area contributed by atoms with Gasteiger partial charge in [-0.05, 0) is 29.3 Å². The topological polar surface area (TPSA) is 64.6 Å². The molecule has 1 heterocycles. The van der Waals surface area contributed by atoms with Crippen molar-refractivity contribution >= 4 is 34.3 Å². The molecule has 28 heavy (non-hydrogen) atoms. The molecule has 6 heteroatoms. The Morgan fingerprint density at radius 2 is 1.71 bits per heavy atom. The summed E-state index contributed by atoms with van der Waals surface area (Å²) in [5.74, 6) is -0.0756. The van der Waals surface area contributed by atoms with Gasteiger partial charge in [0.15, 0.2) is 0 Å². The van der Waals surface area contributed by atoms with Gasteiger partial charge in [0, 0.05) is 17.0 Å². The van der Waals surface area contributed by atoms with Crippen molar-refractivity contribution < 1.29 is 19.1 Å².